The first-order valence-electron chi connectivity index (χ1n) is 5.67. The fourth-order valence-corrected chi connectivity index (χ4v) is 3.40. The molecule has 0 aliphatic carbocycles. The number of para-hydroxylation sites is 1. The lowest BCUT2D eigenvalue weighted by atomic mass is 10.2. The van der Waals surface area contributed by atoms with Crippen molar-refractivity contribution in [2.45, 2.75) is 24.5 Å². The van der Waals surface area contributed by atoms with Crippen LogP contribution in [0, 0.1) is 0 Å². The van der Waals surface area contributed by atoms with Crippen molar-refractivity contribution in [2.75, 3.05) is 23.3 Å². The lowest BCUT2D eigenvalue weighted by Gasteiger charge is -2.22. The molecule has 2 rings (SSSR count). The summed E-state index contributed by atoms with van der Waals surface area (Å²) in [6, 6.07) is 5.62. The summed E-state index contributed by atoms with van der Waals surface area (Å²) in [4.78, 5) is 0. The molecule has 0 saturated carbocycles. The first-order valence-corrected chi connectivity index (χ1v) is 7.09. The van der Waals surface area contributed by atoms with Gasteiger partial charge in [-0.1, -0.05) is 24.1 Å². The number of thioether (sulfide) groups is 1. The molecule has 1 aliphatic heterocycles. The molecule has 1 fully saturated rings. The third kappa shape index (κ3) is 2.98. The molecule has 2 nitrogen and oxygen atoms in total. The number of hydrogen-bond donors (Lipinski definition) is 2. The minimum absolute atomic E-state index is 0.699. The first kappa shape index (κ1) is 11.9. The molecule has 1 saturated heterocycles. The smallest absolute Gasteiger partial charge is 0.0763 e. The largest absolute Gasteiger partial charge is 0.397 e. The highest BCUT2D eigenvalue weighted by Crippen LogP contribution is 2.30. The van der Waals surface area contributed by atoms with Crippen LogP contribution in [0.4, 0.5) is 11.4 Å². The van der Waals surface area contributed by atoms with E-state index in [0.717, 1.165) is 17.9 Å². The van der Waals surface area contributed by atoms with Crippen molar-refractivity contribution >= 4 is 34.7 Å². The van der Waals surface area contributed by atoms with E-state index in [1.807, 2.05) is 30.0 Å². The Kier molecular flexibility index (Phi) is 4.24. The van der Waals surface area contributed by atoms with Gasteiger partial charge in [-0.3, -0.25) is 0 Å². The molecule has 88 valence electrons. The van der Waals surface area contributed by atoms with Gasteiger partial charge in [0.15, 0.2) is 0 Å². The standard InChI is InChI=1S/C12H17ClN2S/c13-10-5-3-6-11(14)12(10)15-8-9-4-1-2-7-16-9/h3,5-6,9,15H,1-2,4,7-8,14H2. The topological polar surface area (TPSA) is 38.0 Å². The average Bonchev–Trinajstić information content (AvgIpc) is 2.30. The Morgan fingerprint density at radius 3 is 3.00 bits per heavy atom. The van der Waals surface area contributed by atoms with Gasteiger partial charge in [0.2, 0.25) is 0 Å². The van der Waals surface area contributed by atoms with Crippen LogP contribution in [-0.4, -0.2) is 17.5 Å². The Bertz CT molecular complexity index is 331. The highest BCUT2D eigenvalue weighted by Gasteiger charge is 2.14. The quantitative estimate of drug-likeness (QED) is 0.812. The van der Waals surface area contributed by atoms with E-state index in [2.05, 4.69) is 5.32 Å². The van der Waals surface area contributed by atoms with Crippen LogP contribution in [0.2, 0.25) is 5.02 Å². The fourth-order valence-electron chi connectivity index (χ4n) is 1.91. The second-order valence-electron chi connectivity index (χ2n) is 4.07. The van der Waals surface area contributed by atoms with Gasteiger partial charge in [0, 0.05) is 11.8 Å². The van der Waals surface area contributed by atoms with Crippen molar-refractivity contribution in [2.24, 2.45) is 0 Å². The number of anilines is 2. The Morgan fingerprint density at radius 2 is 2.31 bits per heavy atom. The molecule has 1 aliphatic rings. The van der Waals surface area contributed by atoms with E-state index in [0.29, 0.717) is 10.3 Å². The van der Waals surface area contributed by atoms with Gasteiger partial charge in [-0.05, 0) is 30.7 Å². The van der Waals surface area contributed by atoms with Gasteiger partial charge in [-0.25, -0.2) is 0 Å². The van der Waals surface area contributed by atoms with E-state index in [1.54, 1.807) is 0 Å². The molecule has 1 atom stereocenters. The summed E-state index contributed by atoms with van der Waals surface area (Å²) < 4.78 is 0. The van der Waals surface area contributed by atoms with Crippen LogP contribution in [0.1, 0.15) is 19.3 Å². The maximum absolute atomic E-state index is 6.10. The van der Waals surface area contributed by atoms with Gasteiger partial charge >= 0.3 is 0 Å². The van der Waals surface area contributed by atoms with Gasteiger partial charge < -0.3 is 11.1 Å². The Balaban J connectivity index is 1.93. The van der Waals surface area contributed by atoms with Crippen LogP contribution in [0.5, 0.6) is 0 Å². The van der Waals surface area contributed by atoms with E-state index < -0.39 is 0 Å². The summed E-state index contributed by atoms with van der Waals surface area (Å²) in [5.74, 6) is 1.28. The summed E-state index contributed by atoms with van der Waals surface area (Å²) in [5.41, 5.74) is 7.50. The lowest BCUT2D eigenvalue weighted by Crippen LogP contribution is -2.20. The zero-order valence-electron chi connectivity index (χ0n) is 9.21. The molecule has 4 heteroatoms. The molecule has 16 heavy (non-hydrogen) atoms. The minimum Gasteiger partial charge on any atom is -0.397 e. The zero-order chi connectivity index (χ0) is 11.4. The van der Waals surface area contributed by atoms with Gasteiger partial charge in [-0.15, -0.1) is 0 Å². The number of benzene rings is 1. The van der Waals surface area contributed by atoms with Crippen LogP contribution in [0.25, 0.3) is 0 Å². The number of hydrogen-bond acceptors (Lipinski definition) is 3. The van der Waals surface area contributed by atoms with Crippen molar-refractivity contribution < 1.29 is 0 Å². The predicted molar refractivity (Wildman–Crippen MR) is 74.5 cm³/mol. The van der Waals surface area contributed by atoms with Crippen LogP contribution in [0.15, 0.2) is 18.2 Å². The molecule has 1 aromatic rings. The monoisotopic (exact) mass is 256 g/mol. The Labute approximate surface area is 106 Å². The normalized spacial score (nSPS) is 20.7. The van der Waals surface area contributed by atoms with Crippen LogP contribution >= 0.6 is 23.4 Å². The number of halogens is 1. The number of rotatable bonds is 3. The van der Waals surface area contributed by atoms with E-state index in [-0.39, 0.29) is 0 Å². The summed E-state index contributed by atoms with van der Waals surface area (Å²) in [5, 5.41) is 4.78. The Morgan fingerprint density at radius 1 is 1.44 bits per heavy atom. The van der Waals surface area contributed by atoms with Gasteiger partial charge in [0.1, 0.15) is 0 Å². The molecule has 0 spiro atoms. The molecule has 1 unspecified atom stereocenters. The van der Waals surface area contributed by atoms with Gasteiger partial charge in [0.25, 0.3) is 0 Å². The summed E-state index contributed by atoms with van der Waals surface area (Å²) in [6.45, 7) is 0.957. The van der Waals surface area contributed by atoms with E-state index in [9.17, 15) is 0 Å². The number of nitrogens with one attached hydrogen (secondary N) is 1. The predicted octanol–water partition coefficient (Wildman–Crippen LogP) is 3.62. The van der Waals surface area contributed by atoms with E-state index in [1.165, 1.54) is 25.0 Å². The van der Waals surface area contributed by atoms with Crippen molar-refractivity contribution in [3.63, 3.8) is 0 Å². The number of nitrogens with two attached hydrogens (primary N) is 1. The molecule has 0 amide bonds. The van der Waals surface area contributed by atoms with Gasteiger partial charge in [0.05, 0.1) is 16.4 Å². The third-order valence-corrected chi connectivity index (χ3v) is 4.54. The lowest BCUT2D eigenvalue weighted by molar-refractivity contribution is 0.677. The zero-order valence-corrected chi connectivity index (χ0v) is 10.8. The SMILES string of the molecule is Nc1cccc(Cl)c1NCC1CCCCS1. The van der Waals surface area contributed by atoms with Crippen molar-refractivity contribution in [1.29, 1.82) is 0 Å². The molecule has 0 radical (unpaired) electrons. The van der Waals surface area contributed by atoms with Crippen molar-refractivity contribution in [3.05, 3.63) is 23.2 Å². The average molecular weight is 257 g/mol. The van der Waals surface area contributed by atoms with Crippen LogP contribution < -0.4 is 11.1 Å². The summed E-state index contributed by atoms with van der Waals surface area (Å²) in [7, 11) is 0. The molecule has 1 heterocycles. The van der Waals surface area contributed by atoms with Crippen molar-refractivity contribution in [3.8, 4) is 0 Å². The van der Waals surface area contributed by atoms with Crippen molar-refractivity contribution in [1.82, 2.24) is 0 Å². The summed E-state index contributed by atoms with van der Waals surface area (Å²) >= 11 is 8.15. The third-order valence-electron chi connectivity index (χ3n) is 2.83. The molecule has 3 N–H and O–H groups in total. The minimum atomic E-state index is 0.699. The highest BCUT2D eigenvalue weighted by molar-refractivity contribution is 7.99. The highest BCUT2D eigenvalue weighted by atomic mass is 35.5. The Hall–Kier alpha value is -0.540. The van der Waals surface area contributed by atoms with Crippen LogP contribution in [0.3, 0.4) is 0 Å². The van der Waals surface area contributed by atoms with Gasteiger partial charge in [-0.2, -0.15) is 11.8 Å². The fraction of sp³-hybridized carbons (Fsp3) is 0.500. The van der Waals surface area contributed by atoms with Crippen LogP contribution in [-0.2, 0) is 0 Å². The molecular weight excluding hydrogens is 240 g/mol. The number of nitrogen functional groups attached to an aromatic ring is 1. The molecular formula is C12H17ClN2S. The molecule has 1 aromatic carbocycles. The van der Waals surface area contributed by atoms with E-state index in [4.69, 9.17) is 17.3 Å². The first-order chi connectivity index (χ1) is 7.77. The van der Waals surface area contributed by atoms with E-state index >= 15 is 0 Å². The molecule has 0 aromatic heterocycles. The maximum Gasteiger partial charge on any atom is 0.0763 e. The second kappa shape index (κ2) is 5.69. The summed E-state index contributed by atoms with van der Waals surface area (Å²) in [6.07, 6.45) is 3.99. The molecule has 0 bridgehead atoms. The maximum atomic E-state index is 6.10. The second-order valence-corrected chi connectivity index (χ2v) is 5.89.